The molecule has 0 N–H and O–H groups in total. The van der Waals surface area contributed by atoms with Crippen LogP contribution in [0.1, 0.15) is 63.9 Å². The third kappa shape index (κ3) is 4.68. The van der Waals surface area contributed by atoms with Crippen LogP contribution in [-0.2, 0) is 4.74 Å². The molecule has 5 heteroatoms. The topological polar surface area (TPSA) is 9.23 Å². The second-order valence-electron chi connectivity index (χ2n) is 10.6. The zero-order chi connectivity index (χ0) is 23.8. The molecule has 2 aromatic rings. The molecule has 3 aliphatic rings. The summed E-state index contributed by atoms with van der Waals surface area (Å²) in [5.74, 6) is -1.98. The lowest BCUT2D eigenvalue weighted by atomic mass is 9.78. The van der Waals surface area contributed by atoms with Crippen LogP contribution < -0.4 is 0 Å². The summed E-state index contributed by atoms with van der Waals surface area (Å²) >= 11 is 0. The third-order valence-corrected chi connectivity index (χ3v) is 8.39. The Kier molecular flexibility index (Phi) is 6.83. The van der Waals surface area contributed by atoms with Gasteiger partial charge in [0.15, 0.2) is 17.5 Å². The zero-order valence-electron chi connectivity index (χ0n) is 19.6. The van der Waals surface area contributed by atoms with Gasteiger partial charge in [-0.25, -0.2) is 17.6 Å². The number of ether oxygens (including phenoxy) is 1. The van der Waals surface area contributed by atoms with Gasteiger partial charge in [0, 0.05) is 11.1 Å². The van der Waals surface area contributed by atoms with Crippen molar-refractivity contribution in [3.05, 3.63) is 65.2 Å². The highest BCUT2D eigenvalue weighted by Crippen LogP contribution is 2.42. The number of hydrogen-bond acceptors (Lipinski definition) is 1. The minimum atomic E-state index is -1.59. The van der Waals surface area contributed by atoms with Crippen LogP contribution >= 0.6 is 0 Å². The van der Waals surface area contributed by atoms with Gasteiger partial charge in [-0.2, -0.15) is 0 Å². The van der Waals surface area contributed by atoms with Gasteiger partial charge in [-0.05, 0) is 98.0 Å². The van der Waals surface area contributed by atoms with E-state index in [-0.39, 0.29) is 11.1 Å². The van der Waals surface area contributed by atoms with Gasteiger partial charge < -0.3 is 4.74 Å². The van der Waals surface area contributed by atoms with Crippen LogP contribution in [0.4, 0.5) is 17.6 Å². The summed E-state index contributed by atoms with van der Waals surface area (Å²) in [5, 5.41) is 0. The lowest BCUT2D eigenvalue weighted by Gasteiger charge is -2.37. The Morgan fingerprint density at radius 2 is 1.56 bits per heavy atom. The van der Waals surface area contributed by atoms with E-state index in [0.717, 1.165) is 73.3 Å². The van der Waals surface area contributed by atoms with Gasteiger partial charge in [-0.15, -0.1) is 0 Å². The van der Waals surface area contributed by atoms with Gasteiger partial charge in [0.25, 0.3) is 0 Å². The van der Waals surface area contributed by atoms with Crippen LogP contribution in [0.5, 0.6) is 0 Å². The van der Waals surface area contributed by atoms with E-state index in [9.17, 15) is 17.6 Å². The normalized spacial score (nSPS) is 29.8. The van der Waals surface area contributed by atoms with E-state index >= 15 is 0 Å². The molecule has 2 aromatic carbocycles. The molecule has 5 unspecified atom stereocenters. The molecular formula is C29H32F4O. The van der Waals surface area contributed by atoms with Crippen LogP contribution in [0.3, 0.4) is 0 Å². The molecule has 1 aliphatic heterocycles. The second-order valence-corrected chi connectivity index (χ2v) is 10.6. The first-order valence-electron chi connectivity index (χ1n) is 12.6. The molecule has 0 aromatic heterocycles. The average Bonchev–Trinajstić information content (AvgIpc) is 3.29. The lowest BCUT2D eigenvalue weighted by Crippen LogP contribution is -2.35. The molecule has 34 heavy (non-hydrogen) atoms. The van der Waals surface area contributed by atoms with Crippen molar-refractivity contribution in [2.75, 3.05) is 6.61 Å². The summed E-state index contributed by atoms with van der Waals surface area (Å²) in [6.07, 6.45) is 11.7. The summed E-state index contributed by atoms with van der Waals surface area (Å²) in [5.41, 5.74) is 1.47. The van der Waals surface area contributed by atoms with Crippen molar-refractivity contribution >= 4 is 5.57 Å². The fourth-order valence-electron chi connectivity index (χ4n) is 6.34. The third-order valence-electron chi connectivity index (χ3n) is 8.39. The molecule has 2 aliphatic carbocycles. The van der Waals surface area contributed by atoms with Crippen molar-refractivity contribution in [2.24, 2.45) is 23.7 Å². The highest BCUT2D eigenvalue weighted by Gasteiger charge is 2.35. The molecule has 0 bridgehead atoms. The van der Waals surface area contributed by atoms with E-state index < -0.39 is 23.3 Å². The molecule has 1 nitrogen and oxygen atoms in total. The van der Waals surface area contributed by atoms with Gasteiger partial charge in [0.1, 0.15) is 5.82 Å². The maximum absolute atomic E-state index is 14.8. The molecule has 1 saturated carbocycles. The Hall–Kier alpha value is -2.14. The Morgan fingerprint density at radius 3 is 2.21 bits per heavy atom. The van der Waals surface area contributed by atoms with Crippen LogP contribution in [-0.4, -0.2) is 12.7 Å². The van der Waals surface area contributed by atoms with Crippen molar-refractivity contribution < 1.29 is 22.3 Å². The lowest BCUT2D eigenvalue weighted by molar-refractivity contribution is -0.0612. The Bertz CT molecular complexity index is 1070. The largest absolute Gasteiger partial charge is 0.378 e. The van der Waals surface area contributed by atoms with Gasteiger partial charge in [-0.1, -0.05) is 31.6 Å². The summed E-state index contributed by atoms with van der Waals surface area (Å²) in [7, 11) is 0. The van der Waals surface area contributed by atoms with E-state index in [1.165, 1.54) is 37.8 Å². The number of benzene rings is 2. The summed E-state index contributed by atoms with van der Waals surface area (Å²) < 4.78 is 62.1. The monoisotopic (exact) mass is 472 g/mol. The Morgan fingerprint density at radius 1 is 0.765 bits per heavy atom. The van der Waals surface area contributed by atoms with Gasteiger partial charge in [-0.3, -0.25) is 0 Å². The van der Waals surface area contributed by atoms with E-state index in [1.54, 1.807) is 6.07 Å². The van der Waals surface area contributed by atoms with E-state index in [1.807, 2.05) is 0 Å². The molecule has 182 valence electrons. The zero-order valence-corrected chi connectivity index (χ0v) is 19.6. The van der Waals surface area contributed by atoms with Gasteiger partial charge in [0.2, 0.25) is 0 Å². The molecule has 0 radical (unpaired) electrons. The number of allylic oxidation sites excluding steroid dienone is 2. The highest BCUT2D eigenvalue weighted by molar-refractivity contribution is 5.71. The summed E-state index contributed by atoms with van der Waals surface area (Å²) in [6.45, 7) is 3.25. The van der Waals surface area contributed by atoms with E-state index in [2.05, 4.69) is 13.0 Å². The fourth-order valence-corrected chi connectivity index (χ4v) is 6.34. The molecule has 1 saturated heterocycles. The first kappa shape index (κ1) is 23.6. The average molecular weight is 473 g/mol. The van der Waals surface area contributed by atoms with E-state index in [0.29, 0.717) is 12.0 Å². The molecule has 1 heterocycles. The number of hydrogen-bond donors (Lipinski definition) is 0. The summed E-state index contributed by atoms with van der Waals surface area (Å²) in [4.78, 5) is 0. The highest BCUT2D eigenvalue weighted by atomic mass is 19.2. The number of rotatable bonds is 4. The molecule has 2 fully saturated rings. The van der Waals surface area contributed by atoms with Gasteiger partial charge in [0.05, 0.1) is 12.7 Å². The Balaban J connectivity index is 1.22. The minimum Gasteiger partial charge on any atom is -0.378 e. The number of halogens is 4. The first-order valence-corrected chi connectivity index (χ1v) is 12.6. The van der Waals surface area contributed by atoms with Crippen molar-refractivity contribution in [3.63, 3.8) is 0 Å². The second kappa shape index (κ2) is 9.85. The fraction of sp³-hybridized carbons (Fsp3) is 0.517. The van der Waals surface area contributed by atoms with Crippen molar-refractivity contribution in [3.8, 4) is 11.1 Å². The standard InChI is InChI=1S/C29H32F4O/c1-17-2-3-20(14-17)22-9-13-27(34-16-22)19-6-4-18(5-7-19)21-8-10-23(26(31)15-21)24-11-12-25(30)29(33)28(24)32/h4,8,10-12,15,17,19-20,22,27H,2-3,5-7,9,13-14,16H2,1H3. The van der Waals surface area contributed by atoms with Crippen molar-refractivity contribution in [2.45, 2.75) is 64.4 Å². The molecule has 5 atom stereocenters. The van der Waals surface area contributed by atoms with Crippen LogP contribution in [0.15, 0.2) is 36.4 Å². The molecule has 5 rings (SSSR count). The SMILES string of the molecule is CC1CCC(C2CCC(C3CC=C(c4ccc(-c5ccc(F)c(F)c5F)c(F)c4)CC3)OC2)C1. The Labute approximate surface area is 199 Å². The van der Waals surface area contributed by atoms with Gasteiger partial charge >= 0.3 is 0 Å². The predicted molar refractivity (Wildman–Crippen MR) is 126 cm³/mol. The van der Waals surface area contributed by atoms with Crippen LogP contribution in [0.2, 0.25) is 0 Å². The van der Waals surface area contributed by atoms with Crippen molar-refractivity contribution in [1.29, 1.82) is 0 Å². The van der Waals surface area contributed by atoms with Crippen LogP contribution in [0.25, 0.3) is 16.7 Å². The first-order chi connectivity index (χ1) is 16.4. The molecule has 0 spiro atoms. The smallest absolute Gasteiger partial charge is 0.195 e. The van der Waals surface area contributed by atoms with Crippen LogP contribution in [0, 0.1) is 46.9 Å². The molecular weight excluding hydrogens is 440 g/mol. The van der Waals surface area contributed by atoms with E-state index in [4.69, 9.17) is 4.74 Å². The van der Waals surface area contributed by atoms with Crippen molar-refractivity contribution in [1.82, 2.24) is 0 Å². The molecule has 0 amide bonds. The maximum atomic E-state index is 14.8. The summed E-state index contributed by atoms with van der Waals surface area (Å²) in [6, 6.07) is 6.43. The minimum absolute atomic E-state index is 0.0729. The maximum Gasteiger partial charge on any atom is 0.195 e. The quantitative estimate of drug-likeness (QED) is 0.321. The predicted octanol–water partition coefficient (Wildman–Crippen LogP) is 8.32.